The van der Waals surface area contributed by atoms with Gasteiger partial charge in [0.15, 0.2) is 0 Å². The second kappa shape index (κ2) is 8.40. The zero-order valence-corrected chi connectivity index (χ0v) is 15.9. The van der Waals surface area contributed by atoms with Crippen molar-refractivity contribution in [3.8, 4) is 0 Å². The van der Waals surface area contributed by atoms with E-state index in [-0.39, 0.29) is 11.6 Å². The van der Waals surface area contributed by atoms with Crippen LogP contribution < -0.4 is 5.32 Å². The van der Waals surface area contributed by atoms with E-state index in [4.69, 9.17) is 0 Å². The van der Waals surface area contributed by atoms with Crippen LogP contribution in [0.15, 0.2) is 78.9 Å². The van der Waals surface area contributed by atoms with E-state index in [1.165, 1.54) is 12.1 Å². The first-order valence-corrected chi connectivity index (χ1v) is 9.33. The summed E-state index contributed by atoms with van der Waals surface area (Å²) >= 11 is 0. The van der Waals surface area contributed by atoms with Crippen LogP contribution in [0.2, 0.25) is 0 Å². The van der Waals surface area contributed by atoms with E-state index in [2.05, 4.69) is 15.3 Å². The van der Waals surface area contributed by atoms with Crippen molar-refractivity contribution < 1.29 is 9.72 Å². The van der Waals surface area contributed by atoms with Crippen molar-refractivity contribution in [1.29, 1.82) is 0 Å². The van der Waals surface area contributed by atoms with Crippen molar-refractivity contribution >= 4 is 34.3 Å². The standard InChI is InChI=1S/C23H18N4O3/c28-23(24-15-16-7-2-1-3-8-16)19(14-17-9-6-10-18(13-17)27(29)30)22-25-20-11-4-5-12-21(20)26-22/h1-14H,15H2,(H,24,28)(H,25,26)/b19-14+. The van der Waals surface area contributed by atoms with Gasteiger partial charge in [-0.25, -0.2) is 4.98 Å². The molecule has 0 spiro atoms. The molecule has 2 N–H and O–H groups in total. The summed E-state index contributed by atoms with van der Waals surface area (Å²) in [5, 5.41) is 14.0. The van der Waals surface area contributed by atoms with E-state index >= 15 is 0 Å². The number of carbonyl (C=O) groups excluding carboxylic acids is 1. The molecule has 1 heterocycles. The van der Waals surface area contributed by atoms with Gasteiger partial charge < -0.3 is 10.3 Å². The number of H-pyrrole nitrogens is 1. The molecule has 0 aliphatic rings. The molecule has 1 amide bonds. The molecule has 7 nitrogen and oxygen atoms in total. The lowest BCUT2D eigenvalue weighted by molar-refractivity contribution is -0.384. The lowest BCUT2D eigenvalue weighted by Gasteiger charge is -2.08. The molecule has 0 aliphatic heterocycles. The van der Waals surface area contributed by atoms with Crippen LogP contribution in [0.4, 0.5) is 5.69 Å². The van der Waals surface area contributed by atoms with Gasteiger partial charge in [0.25, 0.3) is 11.6 Å². The minimum Gasteiger partial charge on any atom is -0.348 e. The maximum atomic E-state index is 13.0. The van der Waals surface area contributed by atoms with Crippen molar-refractivity contribution in [3.63, 3.8) is 0 Å². The summed E-state index contributed by atoms with van der Waals surface area (Å²) in [6.45, 7) is 0.353. The summed E-state index contributed by atoms with van der Waals surface area (Å²) in [6, 6.07) is 23.2. The average Bonchev–Trinajstić information content (AvgIpc) is 3.20. The highest BCUT2D eigenvalue weighted by molar-refractivity contribution is 6.23. The number of carbonyl (C=O) groups is 1. The number of nitrogens with zero attached hydrogens (tertiary/aromatic N) is 2. The Morgan fingerprint density at radius 2 is 1.80 bits per heavy atom. The van der Waals surface area contributed by atoms with E-state index in [0.29, 0.717) is 23.5 Å². The summed E-state index contributed by atoms with van der Waals surface area (Å²) in [6.07, 6.45) is 1.60. The lowest BCUT2D eigenvalue weighted by Crippen LogP contribution is -2.24. The molecule has 0 bridgehead atoms. The van der Waals surface area contributed by atoms with Gasteiger partial charge in [-0.2, -0.15) is 0 Å². The Bertz CT molecular complexity index is 1210. The second-order valence-corrected chi connectivity index (χ2v) is 6.68. The maximum absolute atomic E-state index is 13.0. The third-order valence-electron chi connectivity index (χ3n) is 4.58. The van der Waals surface area contributed by atoms with Gasteiger partial charge in [-0.15, -0.1) is 0 Å². The van der Waals surface area contributed by atoms with Gasteiger partial charge in [0.2, 0.25) is 0 Å². The number of aromatic nitrogens is 2. The molecule has 1 aromatic heterocycles. The third kappa shape index (κ3) is 4.25. The molecule has 148 valence electrons. The van der Waals surface area contributed by atoms with Crippen molar-refractivity contribution in [2.24, 2.45) is 0 Å². The molecule has 0 aliphatic carbocycles. The van der Waals surface area contributed by atoms with E-state index < -0.39 is 4.92 Å². The number of imidazole rings is 1. The topological polar surface area (TPSA) is 101 Å². The van der Waals surface area contributed by atoms with Crippen molar-refractivity contribution in [2.75, 3.05) is 0 Å². The Balaban J connectivity index is 1.71. The monoisotopic (exact) mass is 398 g/mol. The van der Waals surface area contributed by atoms with Crippen LogP contribution in [-0.4, -0.2) is 20.8 Å². The number of nitro groups is 1. The largest absolute Gasteiger partial charge is 0.348 e. The first-order chi connectivity index (χ1) is 14.6. The van der Waals surface area contributed by atoms with Crippen molar-refractivity contribution in [3.05, 3.63) is 106 Å². The number of nitro benzene ring substituents is 1. The lowest BCUT2D eigenvalue weighted by atomic mass is 10.1. The molecule has 7 heteroatoms. The van der Waals surface area contributed by atoms with Gasteiger partial charge >= 0.3 is 0 Å². The van der Waals surface area contributed by atoms with Gasteiger partial charge in [-0.3, -0.25) is 14.9 Å². The van der Waals surface area contributed by atoms with Crippen LogP contribution in [-0.2, 0) is 11.3 Å². The first-order valence-electron chi connectivity index (χ1n) is 9.33. The SMILES string of the molecule is O=C(NCc1ccccc1)/C(=C/c1cccc([N+](=O)[O-])c1)c1nc2ccccc2[nH]1. The van der Waals surface area contributed by atoms with Gasteiger partial charge in [-0.05, 0) is 29.3 Å². The number of hydrogen-bond donors (Lipinski definition) is 2. The van der Waals surface area contributed by atoms with E-state index in [1.807, 2.05) is 54.6 Å². The quantitative estimate of drug-likeness (QED) is 0.287. The highest BCUT2D eigenvalue weighted by Crippen LogP contribution is 2.22. The fourth-order valence-electron chi connectivity index (χ4n) is 3.09. The average molecular weight is 398 g/mol. The van der Waals surface area contributed by atoms with Crippen molar-refractivity contribution in [2.45, 2.75) is 6.54 Å². The number of benzene rings is 3. The van der Waals surface area contributed by atoms with Crippen LogP contribution >= 0.6 is 0 Å². The molecule has 0 saturated carbocycles. The van der Waals surface area contributed by atoms with E-state index in [9.17, 15) is 14.9 Å². The van der Waals surface area contributed by atoms with Crippen molar-refractivity contribution in [1.82, 2.24) is 15.3 Å². The number of amides is 1. The number of hydrogen-bond acceptors (Lipinski definition) is 4. The Hall–Kier alpha value is -4.26. The first kappa shape index (κ1) is 19.1. The molecule has 0 fully saturated rings. The number of rotatable bonds is 6. The van der Waals surface area contributed by atoms with Gasteiger partial charge in [-0.1, -0.05) is 54.6 Å². The molecule has 0 saturated heterocycles. The minimum atomic E-state index is -0.465. The molecule has 4 rings (SSSR count). The van der Waals surface area contributed by atoms with Crippen LogP contribution in [0.1, 0.15) is 17.0 Å². The molecular formula is C23H18N4O3. The summed E-state index contributed by atoms with van der Waals surface area (Å²) in [5.41, 5.74) is 3.28. The Morgan fingerprint density at radius 1 is 1.03 bits per heavy atom. The number of para-hydroxylation sites is 2. The normalized spacial score (nSPS) is 11.4. The van der Waals surface area contributed by atoms with Crippen LogP contribution in [0, 0.1) is 10.1 Å². The Morgan fingerprint density at radius 3 is 2.57 bits per heavy atom. The summed E-state index contributed by atoms with van der Waals surface area (Å²) in [5.74, 6) is 0.0673. The fraction of sp³-hybridized carbons (Fsp3) is 0.0435. The van der Waals surface area contributed by atoms with Crippen LogP contribution in [0.3, 0.4) is 0 Å². The summed E-state index contributed by atoms with van der Waals surface area (Å²) < 4.78 is 0. The Kier molecular flexibility index (Phi) is 5.34. The predicted molar refractivity (Wildman–Crippen MR) is 115 cm³/mol. The molecule has 4 aromatic rings. The minimum absolute atomic E-state index is 0.0441. The predicted octanol–water partition coefficient (Wildman–Crippen LogP) is 4.33. The molecule has 0 unspecified atom stereocenters. The summed E-state index contributed by atoms with van der Waals surface area (Å²) in [7, 11) is 0. The highest BCUT2D eigenvalue weighted by atomic mass is 16.6. The van der Waals surface area contributed by atoms with E-state index in [1.54, 1.807) is 18.2 Å². The zero-order chi connectivity index (χ0) is 20.9. The smallest absolute Gasteiger partial charge is 0.270 e. The van der Waals surface area contributed by atoms with Gasteiger partial charge in [0.05, 0.1) is 21.5 Å². The van der Waals surface area contributed by atoms with Crippen LogP contribution in [0.25, 0.3) is 22.7 Å². The highest BCUT2D eigenvalue weighted by Gasteiger charge is 2.17. The molecule has 3 aromatic carbocycles. The fourth-order valence-corrected chi connectivity index (χ4v) is 3.09. The third-order valence-corrected chi connectivity index (χ3v) is 4.58. The number of nitrogens with one attached hydrogen (secondary N) is 2. The van der Waals surface area contributed by atoms with Gasteiger partial charge in [0.1, 0.15) is 5.82 Å². The zero-order valence-electron chi connectivity index (χ0n) is 15.9. The molecule has 30 heavy (non-hydrogen) atoms. The maximum Gasteiger partial charge on any atom is 0.270 e. The number of non-ortho nitro benzene ring substituents is 1. The Labute approximate surface area is 172 Å². The van der Waals surface area contributed by atoms with Crippen LogP contribution in [0.5, 0.6) is 0 Å². The second-order valence-electron chi connectivity index (χ2n) is 6.68. The molecule has 0 atom stereocenters. The number of aromatic amines is 1. The molecule has 0 radical (unpaired) electrons. The summed E-state index contributed by atoms with van der Waals surface area (Å²) in [4.78, 5) is 31.4. The molecular weight excluding hydrogens is 380 g/mol. The van der Waals surface area contributed by atoms with E-state index in [0.717, 1.165) is 16.6 Å². The number of fused-ring (bicyclic) bond motifs is 1. The van der Waals surface area contributed by atoms with Gasteiger partial charge in [0, 0.05) is 18.7 Å².